The zero-order valence-corrected chi connectivity index (χ0v) is 14.7. The molecule has 6 heteroatoms. The van der Waals surface area contributed by atoms with Gasteiger partial charge < -0.3 is 15.1 Å². The van der Waals surface area contributed by atoms with Crippen molar-refractivity contribution in [3.63, 3.8) is 0 Å². The summed E-state index contributed by atoms with van der Waals surface area (Å²) in [5.41, 5.74) is 0. The van der Waals surface area contributed by atoms with Crippen LogP contribution in [0.4, 0.5) is 0 Å². The molecule has 2 aliphatic rings. The lowest BCUT2D eigenvalue weighted by Gasteiger charge is -2.35. The summed E-state index contributed by atoms with van der Waals surface area (Å²) >= 11 is 0. The summed E-state index contributed by atoms with van der Waals surface area (Å²) in [4.78, 5) is 29.9. The highest BCUT2D eigenvalue weighted by atomic mass is 16.2. The van der Waals surface area contributed by atoms with Crippen LogP contribution in [-0.4, -0.2) is 86.4 Å². The van der Waals surface area contributed by atoms with Gasteiger partial charge in [0.2, 0.25) is 11.8 Å². The molecule has 0 radical (unpaired) electrons. The highest BCUT2D eigenvalue weighted by molar-refractivity contribution is 5.76. The lowest BCUT2D eigenvalue weighted by atomic mass is 9.93. The van der Waals surface area contributed by atoms with Gasteiger partial charge in [0.1, 0.15) is 0 Å². The summed E-state index contributed by atoms with van der Waals surface area (Å²) < 4.78 is 0. The fourth-order valence-electron chi connectivity index (χ4n) is 3.35. The van der Waals surface area contributed by atoms with Crippen molar-refractivity contribution < 1.29 is 9.59 Å². The van der Waals surface area contributed by atoms with Crippen LogP contribution >= 0.6 is 0 Å². The van der Waals surface area contributed by atoms with Gasteiger partial charge in [0.05, 0.1) is 0 Å². The molecule has 132 valence electrons. The third-order valence-electron chi connectivity index (χ3n) is 5.09. The van der Waals surface area contributed by atoms with Crippen LogP contribution in [0.2, 0.25) is 0 Å². The van der Waals surface area contributed by atoms with E-state index in [9.17, 15) is 9.59 Å². The molecule has 0 unspecified atom stereocenters. The van der Waals surface area contributed by atoms with Gasteiger partial charge in [-0.25, -0.2) is 0 Å². The largest absolute Gasteiger partial charge is 0.349 e. The Hall–Kier alpha value is -1.14. The third kappa shape index (κ3) is 6.11. The van der Waals surface area contributed by atoms with E-state index in [2.05, 4.69) is 10.2 Å². The van der Waals surface area contributed by atoms with E-state index >= 15 is 0 Å². The first-order valence-corrected chi connectivity index (χ1v) is 8.97. The molecule has 2 rings (SSSR count). The van der Waals surface area contributed by atoms with E-state index < -0.39 is 0 Å². The molecule has 0 aromatic rings. The van der Waals surface area contributed by atoms with Crippen LogP contribution in [0.5, 0.6) is 0 Å². The van der Waals surface area contributed by atoms with E-state index in [1.807, 2.05) is 4.90 Å². The second kappa shape index (κ2) is 9.23. The maximum Gasteiger partial charge on any atom is 0.223 e. The molecule has 1 N–H and O–H groups in total. The van der Waals surface area contributed by atoms with E-state index in [1.54, 1.807) is 19.0 Å². The molecule has 2 amide bonds. The molecule has 6 nitrogen and oxygen atoms in total. The Balaban J connectivity index is 1.61. The lowest BCUT2D eigenvalue weighted by molar-refractivity contribution is -0.134. The fourth-order valence-corrected chi connectivity index (χ4v) is 3.35. The predicted molar refractivity (Wildman–Crippen MR) is 91.2 cm³/mol. The molecule has 0 spiro atoms. The van der Waals surface area contributed by atoms with Gasteiger partial charge in [-0.2, -0.15) is 0 Å². The van der Waals surface area contributed by atoms with E-state index in [-0.39, 0.29) is 5.91 Å². The van der Waals surface area contributed by atoms with E-state index in [4.69, 9.17) is 0 Å². The molecular weight excluding hydrogens is 292 g/mol. The van der Waals surface area contributed by atoms with Crippen LogP contribution < -0.4 is 5.32 Å². The standard InChI is InChI=1S/C17H32N4O2/c1-19(2)16(22)7-10-20-11-13-21(14-12-20)17(23)4-3-15-5-8-18-9-6-15/h15,18H,3-14H2,1-2H3. The fraction of sp³-hybridized carbons (Fsp3) is 0.882. The Kier molecular flexibility index (Phi) is 7.30. The minimum atomic E-state index is 0.172. The average Bonchev–Trinajstić information content (AvgIpc) is 2.58. The van der Waals surface area contributed by atoms with Crippen molar-refractivity contribution in [1.29, 1.82) is 0 Å². The highest BCUT2D eigenvalue weighted by Crippen LogP contribution is 2.18. The number of piperidine rings is 1. The Labute approximate surface area is 140 Å². The summed E-state index contributed by atoms with van der Waals surface area (Å²) in [6.45, 7) is 6.39. The highest BCUT2D eigenvalue weighted by Gasteiger charge is 2.22. The van der Waals surface area contributed by atoms with Gasteiger partial charge >= 0.3 is 0 Å². The van der Waals surface area contributed by atoms with Gasteiger partial charge in [-0.15, -0.1) is 0 Å². The molecule has 2 fully saturated rings. The number of rotatable bonds is 6. The molecule has 2 heterocycles. The van der Waals surface area contributed by atoms with Crippen LogP contribution in [0.3, 0.4) is 0 Å². The molecule has 23 heavy (non-hydrogen) atoms. The molecule has 0 atom stereocenters. The van der Waals surface area contributed by atoms with Gasteiger partial charge in [-0.3, -0.25) is 14.5 Å². The van der Waals surface area contributed by atoms with Crippen molar-refractivity contribution in [2.75, 3.05) is 59.9 Å². The smallest absolute Gasteiger partial charge is 0.223 e. The first-order chi connectivity index (χ1) is 11.1. The number of nitrogens with one attached hydrogen (secondary N) is 1. The maximum absolute atomic E-state index is 12.3. The minimum Gasteiger partial charge on any atom is -0.349 e. The van der Waals surface area contributed by atoms with Crippen LogP contribution in [0.25, 0.3) is 0 Å². The molecule has 0 aromatic carbocycles. The zero-order chi connectivity index (χ0) is 16.7. The van der Waals surface area contributed by atoms with Crippen molar-refractivity contribution >= 4 is 11.8 Å². The van der Waals surface area contributed by atoms with Gasteiger partial charge in [-0.05, 0) is 38.3 Å². The van der Waals surface area contributed by atoms with Crippen LogP contribution in [0, 0.1) is 5.92 Å². The second-order valence-electron chi connectivity index (χ2n) is 6.99. The van der Waals surface area contributed by atoms with E-state index in [0.29, 0.717) is 18.7 Å². The Morgan fingerprint density at radius 1 is 1.04 bits per heavy atom. The molecule has 0 saturated carbocycles. The number of piperazine rings is 1. The SMILES string of the molecule is CN(C)C(=O)CCN1CCN(C(=O)CCC2CCNCC2)CC1. The van der Waals surface area contributed by atoms with Crippen molar-refractivity contribution in [1.82, 2.24) is 20.0 Å². The van der Waals surface area contributed by atoms with Crippen LogP contribution in [0.15, 0.2) is 0 Å². The Bertz CT molecular complexity index is 386. The predicted octanol–water partition coefficient (Wildman–Crippen LogP) is 0.389. The number of hydrogen-bond acceptors (Lipinski definition) is 4. The van der Waals surface area contributed by atoms with Crippen LogP contribution in [-0.2, 0) is 9.59 Å². The summed E-state index contributed by atoms with van der Waals surface area (Å²) in [6, 6.07) is 0. The topological polar surface area (TPSA) is 55.9 Å². The molecule has 0 aliphatic carbocycles. The summed E-state index contributed by atoms with van der Waals surface area (Å²) in [5, 5.41) is 3.37. The number of carbonyl (C=O) groups excluding carboxylic acids is 2. The van der Waals surface area contributed by atoms with Crippen LogP contribution in [0.1, 0.15) is 32.1 Å². The molecule has 2 aliphatic heterocycles. The lowest BCUT2D eigenvalue weighted by Crippen LogP contribution is -2.49. The zero-order valence-electron chi connectivity index (χ0n) is 14.7. The Morgan fingerprint density at radius 3 is 2.30 bits per heavy atom. The summed E-state index contributed by atoms with van der Waals surface area (Å²) in [7, 11) is 3.59. The monoisotopic (exact) mass is 324 g/mol. The number of nitrogens with zero attached hydrogens (tertiary/aromatic N) is 3. The van der Waals surface area contributed by atoms with Gasteiger partial charge in [0, 0.05) is 59.7 Å². The van der Waals surface area contributed by atoms with Crippen molar-refractivity contribution in [2.24, 2.45) is 5.92 Å². The van der Waals surface area contributed by atoms with Gasteiger partial charge in [0.25, 0.3) is 0 Å². The average molecular weight is 324 g/mol. The number of carbonyl (C=O) groups is 2. The quantitative estimate of drug-likeness (QED) is 0.768. The first kappa shape index (κ1) is 18.2. The third-order valence-corrected chi connectivity index (χ3v) is 5.09. The number of hydrogen-bond donors (Lipinski definition) is 1. The summed E-state index contributed by atoms with van der Waals surface area (Å²) in [5.74, 6) is 1.21. The Morgan fingerprint density at radius 2 is 1.70 bits per heavy atom. The first-order valence-electron chi connectivity index (χ1n) is 8.97. The van der Waals surface area contributed by atoms with Crippen molar-refractivity contribution in [3.05, 3.63) is 0 Å². The minimum absolute atomic E-state index is 0.172. The van der Waals surface area contributed by atoms with Crippen molar-refractivity contribution in [3.8, 4) is 0 Å². The van der Waals surface area contributed by atoms with E-state index in [1.165, 1.54) is 12.8 Å². The molecule has 2 saturated heterocycles. The normalized spacial score (nSPS) is 20.5. The molecule has 0 bridgehead atoms. The molecular formula is C17H32N4O2. The summed E-state index contributed by atoms with van der Waals surface area (Å²) in [6.07, 6.45) is 4.72. The second-order valence-corrected chi connectivity index (χ2v) is 6.99. The molecule has 0 aromatic heterocycles. The van der Waals surface area contributed by atoms with Gasteiger partial charge in [0.15, 0.2) is 0 Å². The van der Waals surface area contributed by atoms with Crippen molar-refractivity contribution in [2.45, 2.75) is 32.1 Å². The van der Waals surface area contributed by atoms with E-state index in [0.717, 1.165) is 58.2 Å². The van der Waals surface area contributed by atoms with Gasteiger partial charge in [-0.1, -0.05) is 0 Å². The maximum atomic E-state index is 12.3. The number of amides is 2.